The zero-order valence-corrected chi connectivity index (χ0v) is 9.53. The van der Waals surface area contributed by atoms with Crippen LogP contribution in [0.2, 0.25) is 5.15 Å². The first kappa shape index (κ1) is 11.6. The third-order valence-electron chi connectivity index (χ3n) is 2.03. The SMILES string of the molecule is CCOC(=O)c1c(N)nn2cc(F)c(Cl)nc12. The van der Waals surface area contributed by atoms with Gasteiger partial charge in [0, 0.05) is 0 Å². The van der Waals surface area contributed by atoms with E-state index in [9.17, 15) is 9.18 Å². The average Bonchev–Trinajstić information content (AvgIpc) is 2.55. The van der Waals surface area contributed by atoms with Crippen molar-refractivity contribution in [2.75, 3.05) is 12.3 Å². The van der Waals surface area contributed by atoms with Gasteiger partial charge in [0.1, 0.15) is 5.56 Å². The minimum Gasteiger partial charge on any atom is -0.462 e. The van der Waals surface area contributed by atoms with Crippen LogP contribution in [0.1, 0.15) is 17.3 Å². The first-order valence-electron chi connectivity index (χ1n) is 4.71. The van der Waals surface area contributed by atoms with Crippen LogP contribution in [0.3, 0.4) is 0 Å². The highest BCUT2D eigenvalue weighted by Crippen LogP contribution is 2.20. The largest absolute Gasteiger partial charge is 0.462 e. The van der Waals surface area contributed by atoms with Crippen molar-refractivity contribution in [2.24, 2.45) is 0 Å². The number of carbonyl (C=O) groups excluding carboxylic acids is 1. The monoisotopic (exact) mass is 258 g/mol. The molecule has 2 aromatic rings. The maximum absolute atomic E-state index is 13.1. The highest BCUT2D eigenvalue weighted by atomic mass is 35.5. The molecule has 2 rings (SSSR count). The second-order valence-corrected chi connectivity index (χ2v) is 3.49. The maximum Gasteiger partial charge on any atom is 0.345 e. The van der Waals surface area contributed by atoms with Gasteiger partial charge in [0.05, 0.1) is 12.8 Å². The van der Waals surface area contributed by atoms with Gasteiger partial charge in [-0.3, -0.25) is 0 Å². The summed E-state index contributed by atoms with van der Waals surface area (Å²) in [5, 5.41) is 3.39. The molecule has 0 aromatic carbocycles. The number of rotatable bonds is 2. The number of esters is 1. The Morgan fingerprint density at radius 2 is 2.41 bits per heavy atom. The number of nitrogen functional groups attached to an aromatic ring is 1. The van der Waals surface area contributed by atoms with Crippen LogP contribution >= 0.6 is 11.6 Å². The first-order chi connectivity index (χ1) is 8.04. The molecule has 0 fully saturated rings. The topological polar surface area (TPSA) is 82.5 Å². The van der Waals surface area contributed by atoms with Crippen molar-refractivity contribution in [1.29, 1.82) is 0 Å². The molecule has 8 heteroatoms. The van der Waals surface area contributed by atoms with Gasteiger partial charge >= 0.3 is 5.97 Å². The van der Waals surface area contributed by atoms with Crippen LogP contribution in [-0.4, -0.2) is 27.2 Å². The summed E-state index contributed by atoms with van der Waals surface area (Å²) in [6.45, 7) is 1.84. The molecular formula is C9H8ClFN4O2. The van der Waals surface area contributed by atoms with E-state index in [0.29, 0.717) is 0 Å². The molecule has 0 aliphatic rings. The molecule has 0 aliphatic carbocycles. The molecule has 0 bridgehead atoms. The molecule has 90 valence electrons. The molecule has 2 N–H and O–H groups in total. The van der Waals surface area contributed by atoms with E-state index in [1.807, 2.05) is 0 Å². The molecule has 0 saturated carbocycles. The molecule has 0 amide bonds. The summed E-state index contributed by atoms with van der Waals surface area (Å²) in [4.78, 5) is 15.3. The van der Waals surface area contributed by atoms with Crippen LogP contribution in [0.15, 0.2) is 6.20 Å². The van der Waals surface area contributed by atoms with Crippen molar-refractivity contribution in [2.45, 2.75) is 6.92 Å². The van der Waals surface area contributed by atoms with Crippen molar-refractivity contribution in [3.8, 4) is 0 Å². The van der Waals surface area contributed by atoms with E-state index in [0.717, 1.165) is 10.7 Å². The number of fused-ring (bicyclic) bond motifs is 1. The van der Waals surface area contributed by atoms with Crippen LogP contribution in [-0.2, 0) is 4.74 Å². The normalized spacial score (nSPS) is 10.8. The van der Waals surface area contributed by atoms with Crippen LogP contribution in [0, 0.1) is 5.82 Å². The minimum absolute atomic E-state index is 0.0197. The summed E-state index contributed by atoms with van der Waals surface area (Å²) in [6.07, 6.45) is 0.990. The van der Waals surface area contributed by atoms with Gasteiger partial charge in [-0.2, -0.15) is 0 Å². The lowest BCUT2D eigenvalue weighted by molar-refractivity contribution is 0.0529. The van der Waals surface area contributed by atoms with Crippen LogP contribution in [0.5, 0.6) is 0 Å². The molecule has 2 heterocycles. The van der Waals surface area contributed by atoms with Gasteiger partial charge in [-0.05, 0) is 6.92 Å². The van der Waals surface area contributed by atoms with Crippen molar-refractivity contribution in [3.63, 3.8) is 0 Å². The minimum atomic E-state index is -0.753. The van der Waals surface area contributed by atoms with Gasteiger partial charge in [-0.25, -0.2) is 18.7 Å². The second-order valence-electron chi connectivity index (χ2n) is 3.13. The highest BCUT2D eigenvalue weighted by molar-refractivity contribution is 6.29. The van der Waals surface area contributed by atoms with Gasteiger partial charge in [0.15, 0.2) is 22.4 Å². The lowest BCUT2D eigenvalue weighted by Crippen LogP contribution is -2.07. The van der Waals surface area contributed by atoms with Crippen molar-refractivity contribution >= 4 is 29.0 Å². The maximum atomic E-state index is 13.1. The average molecular weight is 259 g/mol. The Morgan fingerprint density at radius 1 is 1.71 bits per heavy atom. The zero-order valence-electron chi connectivity index (χ0n) is 8.78. The first-order valence-corrected chi connectivity index (χ1v) is 5.09. The summed E-state index contributed by atoms with van der Waals surface area (Å²) in [5.74, 6) is -1.51. The lowest BCUT2D eigenvalue weighted by atomic mass is 10.3. The number of aromatic nitrogens is 3. The van der Waals surface area contributed by atoms with Crippen molar-refractivity contribution < 1.29 is 13.9 Å². The molecule has 17 heavy (non-hydrogen) atoms. The number of ether oxygens (including phenoxy) is 1. The molecule has 0 aliphatic heterocycles. The predicted molar refractivity (Wildman–Crippen MR) is 58.3 cm³/mol. The Bertz CT molecular complexity index is 598. The number of nitrogens with two attached hydrogens (primary N) is 1. The fraction of sp³-hybridized carbons (Fsp3) is 0.222. The van der Waals surface area contributed by atoms with Crippen LogP contribution in [0.25, 0.3) is 5.65 Å². The fourth-order valence-electron chi connectivity index (χ4n) is 1.35. The van der Waals surface area contributed by atoms with Crippen molar-refractivity contribution in [1.82, 2.24) is 14.6 Å². The molecule has 0 saturated heterocycles. The van der Waals surface area contributed by atoms with E-state index in [1.54, 1.807) is 6.92 Å². The van der Waals surface area contributed by atoms with E-state index in [2.05, 4.69) is 10.1 Å². The van der Waals surface area contributed by atoms with E-state index < -0.39 is 11.8 Å². The van der Waals surface area contributed by atoms with Gasteiger partial charge in [-0.1, -0.05) is 11.6 Å². The number of carbonyl (C=O) groups is 1. The second kappa shape index (κ2) is 4.17. The van der Waals surface area contributed by atoms with E-state index in [1.165, 1.54) is 0 Å². The number of hydrogen-bond donors (Lipinski definition) is 1. The third kappa shape index (κ3) is 1.89. The quantitative estimate of drug-likeness (QED) is 0.648. The molecule has 6 nitrogen and oxygen atoms in total. The Hall–Kier alpha value is -1.89. The smallest absolute Gasteiger partial charge is 0.345 e. The summed E-state index contributed by atoms with van der Waals surface area (Å²) < 4.78 is 19.0. The molecule has 0 radical (unpaired) electrons. The molecule has 0 spiro atoms. The van der Waals surface area contributed by atoms with E-state index >= 15 is 0 Å². The number of hydrogen-bond acceptors (Lipinski definition) is 5. The zero-order chi connectivity index (χ0) is 12.6. The summed E-state index contributed by atoms with van der Waals surface area (Å²) >= 11 is 5.53. The van der Waals surface area contributed by atoms with Crippen molar-refractivity contribution in [3.05, 3.63) is 22.7 Å². The third-order valence-corrected chi connectivity index (χ3v) is 2.29. The molecular weight excluding hydrogens is 251 g/mol. The number of halogens is 2. The lowest BCUT2D eigenvalue weighted by Gasteiger charge is -2.00. The Morgan fingerprint density at radius 3 is 3.06 bits per heavy atom. The number of nitrogens with zero attached hydrogens (tertiary/aromatic N) is 3. The van der Waals surface area contributed by atoms with E-state index in [-0.39, 0.29) is 28.8 Å². The van der Waals surface area contributed by atoms with Crippen LogP contribution in [0.4, 0.5) is 10.2 Å². The van der Waals surface area contributed by atoms with Gasteiger partial charge in [-0.15, -0.1) is 5.10 Å². The van der Waals surface area contributed by atoms with Gasteiger partial charge in [0.2, 0.25) is 0 Å². The van der Waals surface area contributed by atoms with Crippen LogP contribution < -0.4 is 5.73 Å². The summed E-state index contributed by atoms with van der Waals surface area (Å²) in [5.41, 5.74) is 5.59. The Labute approximate surface area is 100 Å². The fourth-order valence-corrected chi connectivity index (χ4v) is 1.47. The summed E-state index contributed by atoms with van der Waals surface area (Å²) in [7, 11) is 0. The molecule has 0 unspecified atom stereocenters. The highest BCUT2D eigenvalue weighted by Gasteiger charge is 2.21. The summed E-state index contributed by atoms with van der Waals surface area (Å²) in [6, 6.07) is 0. The van der Waals surface area contributed by atoms with Gasteiger partial charge < -0.3 is 10.5 Å². The van der Waals surface area contributed by atoms with E-state index in [4.69, 9.17) is 22.1 Å². The molecule has 2 aromatic heterocycles. The Balaban J connectivity index is 2.66. The number of anilines is 1. The Kier molecular flexibility index (Phi) is 2.84. The standard InChI is InChI=1S/C9H8ClFN4O2/c1-2-17-9(16)5-7(12)14-15-3-4(11)6(10)13-8(5)15/h3H,2H2,1H3,(H2,12,14). The predicted octanol–water partition coefficient (Wildman–Crippen LogP) is 1.28. The van der Waals surface area contributed by atoms with Gasteiger partial charge in [0.25, 0.3) is 0 Å². The molecule has 0 atom stereocenters.